The quantitative estimate of drug-likeness (QED) is 0.698. The van der Waals surface area contributed by atoms with E-state index < -0.39 is 11.8 Å². The SMILES string of the molecule is O=C(NC(C1=CCCC=C1)c1ccccc1)c1cnc(-c2cccnn2)nc1O. The summed E-state index contributed by atoms with van der Waals surface area (Å²) < 4.78 is 0. The number of carbonyl (C=O) groups excluding carboxylic acids is 1. The van der Waals surface area contributed by atoms with Crippen molar-refractivity contribution in [2.75, 3.05) is 0 Å². The molecule has 1 amide bonds. The Kier molecular flexibility index (Phi) is 5.38. The van der Waals surface area contributed by atoms with Crippen LogP contribution < -0.4 is 5.32 Å². The molecule has 0 radical (unpaired) electrons. The lowest BCUT2D eigenvalue weighted by molar-refractivity contribution is 0.0939. The van der Waals surface area contributed by atoms with Gasteiger partial charge in [0, 0.05) is 12.4 Å². The van der Waals surface area contributed by atoms with Gasteiger partial charge in [-0.1, -0.05) is 48.6 Å². The highest BCUT2D eigenvalue weighted by Crippen LogP contribution is 2.27. The summed E-state index contributed by atoms with van der Waals surface area (Å²) in [5.41, 5.74) is 2.37. The fourth-order valence-electron chi connectivity index (χ4n) is 3.14. The summed E-state index contributed by atoms with van der Waals surface area (Å²) in [4.78, 5) is 21.1. The third-order valence-electron chi connectivity index (χ3n) is 4.58. The molecule has 2 aromatic heterocycles. The topological polar surface area (TPSA) is 101 Å². The maximum Gasteiger partial charge on any atom is 0.259 e. The van der Waals surface area contributed by atoms with Crippen molar-refractivity contribution in [2.24, 2.45) is 0 Å². The third kappa shape index (κ3) is 4.19. The molecule has 0 aliphatic heterocycles. The first kappa shape index (κ1) is 18.5. The van der Waals surface area contributed by atoms with Crippen LogP contribution in [0.5, 0.6) is 5.88 Å². The van der Waals surface area contributed by atoms with E-state index in [0.29, 0.717) is 5.69 Å². The number of nitrogens with zero attached hydrogens (tertiary/aromatic N) is 4. The summed E-state index contributed by atoms with van der Waals surface area (Å²) >= 11 is 0. The van der Waals surface area contributed by atoms with Gasteiger partial charge in [-0.25, -0.2) is 4.98 Å². The summed E-state index contributed by atoms with van der Waals surface area (Å²) in [5.74, 6) is -0.662. The molecule has 1 atom stereocenters. The van der Waals surface area contributed by atoms with E-state index in [2.05, 4.69) is 37.6 Å². The Balaban J connectivity index is 1.61. The fraction of sp³-hybridized carbons (Fsp3) is 0.136. The molecule has 144 valence electrons. The normalized spacial score (nSPS) is 14.1. The standard InChI is InChI=1S/C22H19N5O2/c28-21(17-14-23-20(26-22(17)29)18-12-7-13-24-27-18)25-19(15-8-3-1-4-9-15)16-10-5-2-6-11-16/h1,3-5,7-14,19H,2,6H2,(H,25,28)(H,23,26,29). The van der Waals surface area contributed by atoms with Gasteiger partial charge in [0.05, 0.1) is 6.04 Å². The number of hydrogen-bond acceptors (Lipinski definition) is 6. The van der Waals surface area contributed by atoms with Crippen LogP contribution in [0.15, 0.2) is 78.7 Å². The smallest absolute Gasteiger partial charge is 0.259 e. The number of aromatic hydroxyl groups is 1. The lowest BCUT2D eigenvalue weighted by Gasteiger charge is -2.22. The van der Waals surface area contributed by atoms with Crippen molar-refractivity contribution in [2.45, 2.75) is 18.9 Å². The molecule has 2 heterocycles. The predicted molar refractivity (Wildman–Crippen MR) is 108 cm³/mol. The largest absolute Gasteiger partial charge is 0.493 e. The van der Waals surface area contributed by atoms with E-state index in [1.165, 1.54) is 12.4 Å². The fourth-order valence-corrected chi connectivity index (χ4v) is 3.14. The van der Waals surface area contributed by atoms with E-state index in [9.17, 15) is 9.90 Å². The Morgan fingerprint density at radius 2 is 1.97 bits per heavy atom. The van der Waals surface area contributed by atoms with E-state index in [-0.39, 0.29) is 17.4 Å². The Morgan fingerprint density at radius 1 is 1.10 bits per heavy atom. The number of rotatable bonds is 5. The number of carbonyl (C=O) groups is 1. The van der Waals surface area contributed by atoms with Crippen molar-refractivity contribution in [1.29, 1.82) is 0 Å². The molecule has 3 aromatic rings. The van der Waals surface area contributed by atoms with Crippen molar-refractivity contribution in [3.63, 3.8) is 0 Å². The molecule has 1 unspecified atom stereocenters. The number of allylic oxidation sites excluding steroid dienone is 2. The molecular weight excluding hydrogens is 366 g/mol. The Hall–Kier alpha value is -3.87. The van der Waals surface area contributed by atoms with Gasteiger partial charge >= 0.3 is 0 Å². The average Bonchev–Trinajstić information content (AvgIpc) is 2.79. The predicted octanol–water partition coefficient (Wildman–Crippen LogP) is 3.39. The minimum atomic E-state index is -0.457. The van der Waals surface area contributed by atoms with E-state index in [1.54, 1.807) is 12.1 Å². The van der Waals surface area contributed by atoms with Gasteiger partial charge in [0.25, 0.3) is 5.91 Å². The second-order valence-electron chi connectivity index (χ2n) is 6.54. The molecule has 7 heteroatoms. The molecule has 0 spiro atoms. The van der Waals surface area contributed by atoms with Crippen molar-refractivity contribution in [1.82, 2.24) is 25.5 Å². The average molecular weight is 385 g/mol. The molecule has 0 bridgehead atoms. The van der Waals surface area contributed by atoms with Gasteiger partial charge in [-0.05, 0) is 36.1 Å². The van der Waals surface area contributed by atoms with Crippen LogP contribution >= 0.6 is 0 Å². The molecular formula is C22H19N5O2. The van der Waals surface area contributed by atoms with Crippen molar-refractivity contribution >= 4 is 5.91 Å². The molecule has 1 aromatic carbocycles. The second-order valence-corrected chi connectivity index (χ2v) is 6.54. The van der Waals surface area contributed by atoms with Crippen LogP contribution in [-0.4, -0.2) is 31.2 Å². The van der Waals surface area contributed by atoms with Crippen LogP contribution in [0.2, 0.25) is 0 Å². The number of hydrogen-bond donors (Lipinski definition) is 2. The number of aromatic nitrogens is 4. The lowest BCUT2D eigenvalue weighted by atomic mass is 9.94. The van der Waals surface area contributed by atoms with Gasteiger partial charge < -0.3 is 10.4 Å². The zero-order chi connectivity index (χ0) is 20.1. The van der Waals surface area contributed by atoms with Gasteiger partial charge in [0.1, 0.15) is 11.3 Å². The van der Waals surface area contributed by atoms with Crippen LogP contribution in [0.4, 0.5) is 0 Å². The van der Waals surface area contributed by atoms with Crippen LogP contribution in [-0.2, 0) is 0 Å². The second kappa shape index (κ2) is 8.43. The Morgan fingerprint density at radius 3 is 2.66 bits per heavy atom. The minimum Gasteiger partial charge on any atom is -0.493 e. The van der Waals surface area contributed by atoms with Crippen LogP contribution in [0, 0.1) is 0 Å². The zero-order valence-corrected chi connectivity index (χ0v) is 15.6. The number of amides is 1. The van der Waals surface area contributed by atoms with Crippen molar-refractivity contribution in [3.05, 3.63) is 89.8 Å². The molecule has 7 nitrogen and oxygen atoms in total. The first-order valence-electron chi connectivity index (χ1n) is 9.29. The maximum absolute atomic E-state index is 12.9. The van der Waals surface area contributed by atoms with E-state index in [1.807, 2.05) is 36.4 Å². The number of nitrogens with one attached hydrogen (secondary N) is 1. The van der Waals surface area contributed by atoms with Gasteiger partial charge in [-0.2, -0.15) is 10.1 Å². The third-order valence-corrected chi connectivity index (χ3v) is 4.58. The summed E-state index contributed by atoms with van der Waals surface area (Å²) in [6.45, 7) is 0. The van der Waals surface area contributed by atoms with Crippen molar-refractivity contribution < 1.29 is 9.90 Å². The molecule has 0 fully saturated rings. The summed E-state index contributed by atoms with van der Waals surface area (Å²) in [7, 11) is 0. The molecule has 4 rings (SSSR count). The molecule has 1 aliphatic carbocycles. The van der Waals surface area contributed by atoms with Gasteiger partial charge in [-0.15, -0.1) is 5.10 Å². The van der Waals surface area contributed by atoms with Gasteiger partial charge in [-0.3, -0.25) is 4.79 Å². The maximum atomic E-state index is 12.9. The molecule has 0 saturated heterocycles. The summed E-state index contributed by atoms with van der Waals surface area (Å²) in [6.07, 6.45) is 11.0. The van der Waals surface area contributed by atoms with Gasteiger partial charge in [0.15, 0.2) is 5.82 Å². The monoisotopic (exact) mass is 385 g/mol. The van der Waals surface area contributed by atoms with Crippen LogP contribution in [0.1, 0.15) is 34.8 Å². The van der Waals surface area contributed by atoms with E-state index in [0.717, 1.165) is 24.0 Å². The van der Waals surface area contributed by atoms with Gasteiger partial charge in [0.2, 0.25) is 5.88 Å². The molecule has 2 N–H and O–H groups in total. The highest BCUT2D eigenvalue weighted by molar-refractivity contribution is 5.96. The zero-order valence-electron chi connectivity index (χ0n) is 15.6. The lowest BCUT2D eigenvalue weighted by Crippen LogP contribution is -2.30. The number of benzene rings is 1. The van der Waals surface area contributed by atoms with Crippen molar-refractivity contribution in [3.8, 4) is 17.4 Å². The molecule has 1 aliphatic rings. The summed E-state index contributed by atoms with van der Waals surface area (Å²) in [6, 6.07) is 12.7. The first-order chi connectivity index (χ1) is 14.2. The van der Waals surface area contributed by atoms with E-state index in [4.69, 9.17) is 0 Å². The highest BCUT2D eigenvalue weighted by atomic mass is 16.3. The van der Waals surface area contributed by atoms with E-state index >= 15 is 0 Å². The Labute approximate surface area is 167 Å². The Bertz CT molecular complexity index is 1070. The summed E-state index contributed by atoms with van der Waals surface area (Å²) in [5, 5.41) is 21.0. The van der Waals surface area contributed by atoms with Crippen LogP contribution in [0.25, 0.3) is 11.5 Å². The highest BCUT2D eigenvalue weighted by Gasteiger charge is 2.22. The molecule has 29 heavy (non-hydrogen) atoms. The molecule has 0 saturated carbocycles. The minimum absolute atomic E-state index is 0.000963. The van der Waals surface area contributed by atoms with Crippen LogP contribution in [0.3, 0.4) is 0 Å². The first-order valence-corrected chi connectivity index (χ1v) is 9.29.